The fraction of sp³-hybridized carbons (Fsp3) is 0.533. The number of rotatable bonds is 4. The number of thioether (sulfide) groups is 1. The van der Waals surface area contributed by atoms with E-state index in [9.17, 15) is 4.79 Å². The van der Waals surface area contributed by atoms with Crippen molar-refractivity contribution in [2.45, 2.75) is 43.0 Å². The number of amides is 1. The minimum absolute atomic E-state index is 0.196. The van der Waals surface area contributed by atoms with Gasteiger partial charge in [0.1, 0.15) is 0 Å². The van der Waals surface area contributed by atoms with Gasteiger partial charge in [0.2, 0.25) is 5.91 Å². The van der Waals surface area contributed by atoms with Crippen LogP contribution in [0, 0.1) is 0 Å². The molecule has 0 bridgehead atoms. The third-order valence-corrected chi connectivity index (χ3v) is 5.39. The first kappa shape index (κ1) is 15.7. The third-order valence-electron chi connectivity index (χ3n) is 3.84. The molecule has 0 atom stereocenters. The van der Waals surface area contributed by atoms with Crippen LogP contribution in [-0.2, 0) is 4.79 Å². The molecule has 1 fully saturated rings. The average molecular weight is 357 g/mol. The van der Waals surface area contributed by atoms with Gasteiger partial charge in [-0.2, -0.15) is 0 Å². The Morgan fingerprint density at radius 3 is 2.80 bits per heavy atom. The molecular weight excluding hydrogens is 336 g/mol. The molecule has 0 aliphatic heterocycles. The van der Waals surface area contributed by atoms with E-state index in [0.717, 1.165) is 27.9 Å². The highest BCUT2D eigenvalue weighted by atomic mass is 79.9. The molecule has 1 amide bonds. The topological polar surface area (TPSA) is 46.3 Å². The number of anilines is 1. The van der Waals surface area contributed by atoms with Crippen molar-refractivity contribution in [2.24, 2.45) is 0 Å². The van der Waals surface area contributed by atoms with E-state index >= 15 is 0 Å². The molecule has 0 aromatic heterocycles. The van der Waals surface area contributed by atoms with Crippen LogP contribution in [0.2, 0.25) is 0 Å². The van der Waals surface area contributed by atoms with Crippen molar-refractivity contribution in [3.05, 3.63) is 22.7 Å². The maximum Gasteiger partial charge on any atom is 0.232 e. The van der Waals surface area contributed by atoms with E-state index in [4.69, 9.17) is 5.73 Å². The van der Waals surface area contributed by atoms with Crippen molar-refractivity contribution in [3.8, 4) is 0 Å². The second kappa shape index (κ2) is 7.36. The second-order valence-electron chi connectivity index (χ2n) is 5.27. The highest BCUT2D eigenvalue weighted by Crippen LogP contribution is 2.29. The van der Waals surface area contributed by atoms with Crippen molar-refractivity contribution >= 4 is 39.3 Å². The highest BCUT2D eigenvalue weighted by molar-refractivity contribution is 9.10. The fourth-order valence-corrected chi connectivity index (χ4v) is 3.99. The molecule has 5 heteroatoms. The molecule has 0 spiro atoms. The summed E-state index contributed by atoms with van der Waals surface area (Å²) in [5.74, 6) is 0.648. The van der Waals surface area contributed by atoms with Crippen LogP contribution >= 0.6 is 27.7 Å². The second-order valence-corrected chi connectivity index (χ2v) is 7.20. The number of hydrogen-bond acceptors (Lipinski definition) is 3. The Bertz CT molecular complexity index is 475. The molecule has 1 aromatic carbocycles. The lowest BCUT2D eigenvalue weighted by atomic mass is 9.94. The summed E-state index contributed by atoms with van der Waals surface area (Å²) >= 11 is 4.95. The predicted octanol–water partition coefficient (Wildman–Crippen LogP) is 3.91. The van der Waals surface area contributed by atoms with E-state index in [-0.39, 0.29) is 5.91 Å². The summed E-state index contributed by atoms with van der Waals surface area (Å²) in [4.78, 5) is 15.2. The summed E-state index contributed by atoms with van der Waals surface area (Å²) in [5.41, 5.74) is 6.66. The van der Waals surface area contributed by atoms with Crippen LogP contribution in [-0.4, -0.2) is 29.6 Å². The van der Waals surface area contributed by atoms with Gasteiger partial charge in [-0.05, 0) is 31.0 Å². The Kier molecular flexibility index (Phi) is 5.78. The molecule has 0 saturated heterocycles. The van der Waals surface area contributed by atoms with Crippen molar-refractivity contribution < 1.29 is 4.79 Å². The van der Waals surface area contributed by atoms with E-state index < -0.39 is 0 Å². The van der Waals surface area contributed by atoms with Gasteiger partial charge in [0.15, 0.2) is 0 Å². The van der Waals surface area contributed by atoms with Crippen LogP contribution in [0.3, 0.4) is 0 Å². The number of nitrogens with two attached hydrogens (primary N) is 1. The normalized spacial score (nSPS) is 16.1. The Labute approximate surface area is 133 Å². The third kappa shape index (κ3) is 4.16. The number of nitrogens with zero attached hydrogens (tertiary/aromatic N) is 1. The van der Waals surface area contributed by atoms with E-state index in [1.54, 1.807) is 0 Å². The van der Waals surface area contributed by atoms with E-state index in [0.29, 0.717) is 11.8 Å². The first-order chi connectivity index (χ1) is 9.58. The zero-order chi connectivity index (χ0) is 14.5. The van der Waals surface area contributed by atoms with Gasteiger partial charge in [0.05, 0.1) is 5.75 Å². The minimum atomic E-state index is 0.196. The molecule has 0 unspecified atom stereocenters. The average Bonchev–Trinajstić information content (AvgIpc) is 2.48. The molecule has 2 rings (SSSR count). The number of benzene rings is 1. The highest BCUT2D eigenvalue weighted by Gasteiger charge is 2.22. The summed E-state index contributed by atoms with van der Waals surface area (Å²) in [6.45, 7) is 0. The molecule has 0 radical (unpaired) electrons. The molecule has 1 saturated carbocycles. The maximum atomic E-state index is 12.3. The largest absolute Gasteiger partial charge is 0.398 e. The summed E-state index contributed by atoms with van der Waals surface area (Å²) < 4.78 is 0.988. The molecule has 0 heterocycles. The quantitative estimate of drug-likeness (QED) is 0.656. The molecule has 110 valence electrons. The van der Waals surface area contributed by atoms with Crippen molar-refractivity contribution in [1.82, 2.24) is 4.90 Å². The van der Waals surface area contributed by atoms with Crippen LogP contribution in [0.4, 0.5) is 5.69 Å². The summed E-state index contributed by atoms with van der Waals surface area (Å²) in [6, 6.07) is 6.17. The predicted molar refractivity (Wildman–Crippen MR) is 88.9 cm³/mol. The number of halogens is 1. The first-order valence-corrected chi connectivity index (χ1v) is 8.79. The molecule has 20 heavy (non-hydrogen) atoms. The fourth-order valence-electron chi connectivity index (χ4n) is 2.55. The van der Waals surface area contributed by atoms with Crippen molar-refractivity contribution in [2.75, 3.05) is 18.5 Å². The number of hydrogen-bond donors (Lipinski definition) is 1. The summed E-state index contributed by atoms with van der Waals surface area (Å²) in [6.07, 6.45) is 6.09. The van der Waals surface area contributed by atoms with Gasteiger partial charge in [-0.1, -0.05) is 35.2 Å². The number of carbonyl (C=O) groups is 1. The maximum absolute atomic E-state index is 12.3. The van der Waals surface area contributed by atoms with Gasteiger partial charge >= 0.3 is 0 Å². The van der Waals surface area contributed by atoms with Gasteiger partial charge in [-0.15, -0.1) is 11.8 Å². The van der Waals surface area contributed by atoms with Crippen LogP contribution < -0.4 is 5.73 Å². The van der Waals surface area contributed by atoms with Crippen molar-refractivity contribution in [1.29, 1.82) is 0 Å². The first-order valence-electron chi connectivity index (χ1n) is 7.01. The smallest absolute Gasteiger partial charge is 0.232 e. The van der Waals surface area contributed by atoms with Crippen LogP contribution in [0.25, 0.3) is 0 Å². The Morgan fingerprint density at radius 1 is 1.40 bits per heavy atom. The standard InChI is InChI=1S/C15H21BrN2OS/c1-18(12-5-3-2-4-6-12)15(19)10-20-14-9-11(16)7-8-13(14)17/h7-9,12H,2-6,10,17H2,1H3. The number of nitrogen functional groups attached to an aromatic ring is 1. The molecule has 1 aliphatic rings. The van der Waals surface area contributed by atoms with E-state index in [2.05, 4.69) is 15.9 Å². The molecule has 3 nitrogen and oxygen atoms in total. The Balaban J connectivity index is 1.89. The minimum Gasteiger partial charge on any atom is -0.398 e. The van der Waals surface area contributed by atoms with Crippen molar-refractivity contribution in [3.63, 3.8) is 0 Å². The summed E-state index contributed by atoms with van der Waals surface area (Å²) in [5, 5.41) is 0. The SMILES string of the molecule is CN(C(=O)CSc1cc(Br)ccc1N)C1CCCCC1. The van der Waals surface area contributed by atoms with Gasteiger partial charge in [-0.25, -0.2) is 0 Å². The number of carbonyl (C=O) groups excluding carboxylic acids is 1. The lowest BCUT2D eigenvalue weighted by Crippen LogP contribution is -2.39. The molecule has 1 aromatic rings. The van der Waals surface area contributed by atoms with Gasteiger partial charge in [0, 0.05) is 28.1 Å². The van der Waals surface area contributed by atoms with Gasteiger partial charge in [-0.3, -0.25) is 4.79 Å². The zero-order valence-electron chi connectivity index (χ0n) is 11.8. The van der Waals surface area contributed by atoms with Gasteiger partial charge in [0.25, 0.3) is 0 Å². The molecule has 2 N–H and O–H groups in total. The Hall–Kier alpha value is -0.680. The molecular formula is C15H21BrN2OS. The Morgan fingerprint density at radius 2 is 2.10 bits per heavy atom. The van der Waals surface area contributed by atoms with Gasteiger partial charge < -0.3 is 10.6 Å². The van der Waals surface area contributed by atoms with E-state index in [1.807, 2.05) is 30.1 Å². The lowest BCUT2D eigenvalue weighted by molar-refractivity contribution is -0.129. The van der Waals surface area contributed by atoms with E-state index in [1.165, 1.54) is 31.0 Å². The zero-order valence-corrected chi connectivity index (χ0v) is 14.2. The van der Waals surface area contributed by atoms with Crippen LogP contribution in [0.15, 0.2) is 27.6 Å². The van der Waals surface area contributed by atoms with Crippen LogP contribution in [0.5, 0.6) is 0 Å². The summed E-state index contributed by atoms with van der Waals surface area (Å²) in [7, 11) is 1.93. The lowest BCUT2D eigenvalue weighted by Gasteiger charge is -2.31. The molecule has 1 aliphatic carbocycles. The monoisotopic (exact) mass is 356 g/mol. The van der Waals surface area contributed by atoms with Crippen LogP contribution in [0.1, 0.15) is 32.1 Å².